The van der Waals surface area contributed by atoms with E-state index in [0.29, 0.717) is 6.61 Å². The number of nitrogens with zero attached hydrogens (tertiary/aromatic N) is 2. The van der Waals surface area contributed by atoms with Gasteiger partial charge in [0.15, 0.2) is 0 Å². The molecule has 0 spiro atoms. The summed E-state index contributed by atoms with van der Waals surface area (Å²) in [6, 6.07) is 28.9. The lowest BCUT2D eigenvalue weighted by Gasteiger charge is -2.13. The van der Waals surface area contributed by atoms with Gasteiger partial charge in [-0.3, -0.25) is 0 Å². The Morgan fingerprint density at radius 1 is 0.875 bits per heavy atom. The predicted molar refractivity (Wildman–Crippen MR) is 131 cm³/mol. The van der Waals surface area contributed by atoms with Gasteiger partial charge in [-0.2, -0.15) is 0 Å². The minimum Gasteiger partial charge on any atom is -0.497 e. The van der Waals surface area contributed by atoms with Crippen molar-refractivity contribution in [2.24, 2.45) is 5.16 Å². The smallest absolute Gasteiger partial charge is 0.142 e. The standard InChI is InChI=1S/C28H28N2O2/c1-20-10-8-11-23(16-20)19-32-29-21(2)27-18-28(24-12-6-5-7-13-24)30(22(27)3)25-14-9-15-26(17-25)31-4/h5-18H,19H2,1-4H3/b29-21-. The monoisotopic (exact) mass is 424 g/mol. The van der Waals surface area contributed by atoms with Crippen LogP contribution in [0.1, 0.15) is 29.3 Å². The molecule has 0 amide bonds. The first-order valence-corrected chi connectivity index (χ1v) is 10.7. The van der Waals surface area contributed by atoms with E-state index in [1.54, 1.807) is 7.11 Å². The Labute approximate surface area is 189 Å². The first-order valence-electron chi connectivity index (χ1n) is 10.7. The first-order chi connectivity index (χ1) is 15.6. The number of aromatic nitrogens is 1. The van der Waals surface area contributed by atoms with E-state index in [0.717, 1.165) is 45.2 Å². The minimum absolute atomic E-state index is 0.445. The lowest BCUT2D eigenvalue weighted by atomic mass is 10.1. The highest BCUT2D eigenvalue weighted by Gasteiger charge is 2.17. The van der Waals surface area contributed by atoms with E-state index in [2.05, 4.69) is 78.2 Å². The summed E-state index contributed by atoms with van der Waals surface area (Å²) in [5.74, 6) is 0.822. The molecule has 0 bridgehead atoms. The maximum atomic E-state index is 5.70. The van der Waals surface area contributed by atoms with Crippen LogP contribution in [0.15, 0.2) is 90.1 Å². The molecule has 0 N–H and O–H groups in total. The molecule has 4 heteroatoms. The molecule has 162 valence electrons. The van der Waals surface area contributed by atoms with E-state index in [1.807, 2.05) is 37.3 Å². The van der Waals surface area contributed by atoms with Crippen LogP contribution in [-0.2, 0) is 11.4 Å². The van der Waals surface area contributed by atoms with Gasteiger partial charge in [0.2, 0.25) is 0 Å². The van der Waals surface area contributed by atoms with Gasteiger partial charge in [-0.15, -0.1) is 0 Å². The molecule has 4 rings (SSSR count). The van der Waals surface area contributed by atoms with Crippen LogP contribution >= 0.6 is 0 Å². The molecule has 0 atom stereocenters. The second-order valence-corrected chi connectivity index (χ2v) is 7.87. The third-order valence-electron chi connectivity index (χ3n) is 5.53. The maximum absolute atomic E-state index is 5.70. The fourth-order valence-corrected chi connectivity index (χ4v) is 3.93. The zero-order valence-corrected chi connectivity index (χ0v) is 19.0. The molecule has 0 aliphatic rings. The van der Waals surface area contributed by atoms with Gasteiger partial charge in [0.05, 0.1) is 18.5 Å². The fourth-order valence-electron chi connectivity index (χ4n) is 3.93. The zero-order chi connectivity index (χ0) is 22.5. The van der Waals surface area contributed by atoms with Gasteiger partial charge in [0, 0.05) is 23.0 Å². The highest BCUT2D eigenvalue weighted by molar-refractivity contribution is 6.01. The van der Waals surface area contributed by atoms with Gasteiger partial charge in [0.25, 0.3) is 0 Å². The van der Waals surface area contributed by atoms with Crippen LogP contribution in [0.5, 0.6) is 5.75 Å². The molecule has 0 radical (unpaired) electrons. The van der Waals surface area contributed by atoms with Crippen molar-refractivity contribution in [2.45, 2.75) is 27.4 Å². The Hall–Kier alpha value is -3.79. The average Bonchev–Trinajstić information content (AvgIpc) is 3.17. The number of oxime groups is 1. The van der Waals surface area contributed by atoms with Crippen molar-refractivity contribution in [3.8, 4) is 22.7 Å². The largest absolute Gasteiger partial charge is 0.497 e. The molecule has 3 aromatic carbocycles. The van der Waals surface area contributed by atoms with Crippen molar-refractivity contribution < 1.29 is 9.57 Å². The molecule has 1 heterocycles. The molecular formula is C28H28N2O2. The second kappa shape index (κ2) is 9.56. The fraction of sp³-hybridized carbons (Fsp3) is 0.179. The van der Waals surface area contributed by atoms with Gasteiger partial charge in [-0.1, -0.05) is 71.4 Å². The Morgan fingerprint density at radius 3 is 2.41 bits per heavy atom. The third-order valence-corrected chi connectivity index (χ3v) is 5.53. The van der Waals surface area contributed by atoms with Crippen LogP contribution in [-0.4, -0.2) is 17.4 Å². The van der Waals surface area contributed by atoms with Crippen LogP contribution in [0.2, 0.25) is 0 Å². The number of hydrogen-bond acceptors (Lipinski definition) is 3. The van der Waals surface area contributed by atoms with Crippen LogP contribution in [0.4, 0.5) is 0 Å². The van der Waals surface area contributed by atoms with Gasteiger partial charge in [-0.05, 0) is 50.1 Å². The zero-order valence-electron chi connectivity index (χ0n) is 19.0. The van der Waals surface area contributed by atoms with Crippen LogP contribution < -0.4 is 4.74 Å². The Bertz CT molecular complexity index is 1240. The summed E-state index contributed by atoms with van der Waals surface area (Å²) >= 11 is 0. The Balaban J connectivity index is 1.71. The third kappa shape index (κ3) is 4.59. The minimum atomic E-state index is 0.445. The highest BCUT2D eigenvalue weighted by Crippen LogP contribution is 2.31. The number of aryl methyl sites for hydroxylation is 1. The normalized spacial score (nSPS) is 11.4. The van der Waals surface area contributed by atoms with E-state index in [-0.39, 0.29) is 0 Å². The number of rotatable bonds is 7. The number of hydrogen-bond donors (Lipinski definition) is 0. The van der Waals surface area contributed by atoms with E-state index < -0.39 is 0 Å². The summed E-state index contributed by atoms with van der Waals surface area (Å²) in [5, 5.41) is 4.43. The van der Waals surface area contributed by atoms with Gasteiger partial charge in [0.1, 0.15) is 12.4 Å². The Kier molecular flexibility index (Phi) is 6.41. The molecule has 4 nitrogen and oxygen atoms in total. The summed E-state index contributed by atoms with van der Waals surface area (Å²) in [6.45, 7) is 6.62. The van der Waals surface area contributed by atoms with Gasteiger partial charge < -0.3 is 14.1 Å². The molecule has 0 aliphatic heterocycles. The molecule has 0 saturated heterocycles. The molecule has 0 aliphatic carbocycles. The van der Waals surface area contributed by atoms with E-state index in [9.17, 15) is 0 Å². The number of benzene rings is 3. The molecule has 1 aromatic heterocycles. The van der Waals surface area contributed by atoms with Crippen molar-refractivity contribution in [1.82, 2.24) is 4.57 Å². The summed E-state index contributed by atoms with van der Waals surface area (Å²) in [4.78, 5) is 5.70. The molecule has 32 heavy (non-hydrogen) atoms. The topological polar surface area (TPSA) is 35.8 Å². The van der Waals surface area contributed by atoms with Crippen LogP contribution in [0, 0.1) is 13.8 Å². The Morgan fingerprint density at radius 2 is 1.66 bits per heavy atom. The molecule has 0 unspecified atom stereocenters. The van der Waals surface area contributed by atoms with Crippen molar-refractivity contribution in [3.63, 3.8) is 0 Å². The number of methoxy groups -OCH3 is 1. The SMILES string of the molecule is COc1cccc(-n2c(-c3ccccc3)cc(/C(C)=N\OCc3cccc(C)c3)c2C)c1. The predicted octanol–water partition coefficient (Wildman–Crippen LogP) is 6.71. The van der Waals surface area contributed by atoms with Crippen LogP contribution in [0.3, 0.4) is 0 Å². The van der Waals surface area contributed by atoms with Crippen molar-refractivity contribution in [3.05, 3.63) is 107 Å². The van der Waals surface area contributed by atoms with Crippen LogP contribution in [0.25, 0.3) is 16.9 Å². The summed E-state index contributed by atoms with van der Waals surface area (Å²) in [7, 11) is 1.69. The summed E-state index contributed by atoms with van der Waals surface area (Å²) in [5.41, 5.74) is 8.59. The lowest BCUT2D eigenvalue weighted by molar-refractivity contribution is 0.130. The number of ether oxygens (including phenoxy) is 1. The van der Waals surface area contributed by atoms with E-state index in [4.69, 9.17) is 9.57 Å². The summed E-state index contributed by atoms with van der Waals surface area (Å²) in [6.07, 6.45) is 0. The van der Waals surface area contributed by atoms with Crippen molar-refractivity contribution >= 4 is 5.71 Å². The molecular weight excluding hydrogens is 396 g/mol. The van der Waals surface area contributed by atoms with Crippen molar-refractivity contribution in [1.29, 1.82) is 0 Å². The average molecular weight is 425 g/mol. The highest BCUT2D eigenvalue weighted by atomic mass is 16.6. The van der Waals surface area contributed by atoms with E-state index in [1.165, 1.54) is 5.56 Å². The maximum Gasteiger partial charge on any atom is 0.142 e. The molecule has 4 aromatic rings. The lowest BCUT2D eigenvalue weighted by Crippen LogP contribution is -2.03. The summed E-state index contributed by atoms with van der Waals surface area (Å²) < 4.78 is 7.71. The van der Waals surface area contributed by atoms with Crippen molar-refractivity contribution in [2.75, 3.05) is 7.11 Å². The molecule has 0 fully saturated rings. The van der Waals surface area contributed by atoms with E-state index >= 15 is 0 Å². The molecule has 0 saturated carbocycles. The second-order valence-electron chi connectivity index (χ2n) is 7.87. The van der Waals surface area contributed by atoms with Gasteiger partial charge >= 0.3 is 0 Å². The first kappa shape index (κ1) is 21.4. The van der Waals surface area contributed by atoms with Gasteiger partial charge in [-0.25, -0.2) is 0 Å². The quantitative estimate of drug-likeness (QED) is 0.244.